The summed E-state index contributed by atoms with van der Waals surface area (Å²) in [5, 5.41) is 0. The van der Waals surface area contributed by atoms with Crippen molar-refractivity contribution in [2.45, 2.75) is 45.6 Å². The summed E-state index contributed by atoms with van der Waals surface area (Å²) in [7, 11) is 2.29. The molecule has 0 aromatic rings. The molecular weight excluding hydrogens is 272 g/mol. The van der Waals surface area contributed by atoms with Crippen molar-refractivity contribution in [3.63, 3.8) is 0 Å². The van der Waals surface area contributed by atoms with Crippen LogP contribution in [0.1, 0.15) is 40.0 Å². The van der Waals surface area contributed by atoms with Gasteiger partial charge < -0.3 is 14.7 Å². The van der Waals surface area contributed by atoms with Crippen LogP contribution in [-0.4, -0.2) is 97.6 Å². The van der Waals surface area contributed by atoms with Crippen LogP contribution < -0.4 is 0 Å². The Morgan fingerprint density at radius 3 is 1.64 bits per heavy atom. The van der Waals surface area contributed by atoms with E-state index in [9.17, 15) is 0 Å². The molecule has 2 unspecified atom stereocenters. The molecule has 0 N–H and O–H groups in total. The van der Waals surface area contributed by atoms with Crippen molar-refractivity contribution < 1.29 is 0 Å². The number of nitrogens with zero attached hydrogens (tertiary/aromatic N) is 4. The minimum absolute atomic E-state index is 0.293. The molecule has 0 aliphatic carbocycles. The number of hydrogen-bond acceptors (Lipinski definition) is 4. The topological polar surface area (TPSA) is 13.0 Å². The summed E-state index contributed by atoms with van der Waals surface area (Å²) in [6.07, 6.45) is 3.95. The third-order valence-corrected chi connectivity index (χ3v) is 5.30. The Kier molecular flexibility index (Phi) is 7.13. The van der Waals surface area contributed by atoms with Gasteiger partial charge in [-0.3, -0.25) is 4.90 Å². The van der Waals surface area contributed by atoms with Crippen molar-refractivity contribution in [2.75, 3.05) is 72.5 Å². The van der Waals surface area contributed by atoms with Crippen molar-refractivity contribution in [3.05, 3.63) is 0 Å². The lowest BCUT2D eigenvalue weighted by Gasteiger charge is -2.37. The molecule has 130 valence electrons. The highest BCUT2D eigenvalue weighted by atomic mass is 15.2. The monoisotopic (exact) mass is 310 g/mol. The van der Waals surface area contributed by atoms with Gasteiger partial charge in [-0.2, -0.15) is 0 Å². The zero-order valence-electron chi connectivity index (χ0n) is 15.5. The molecule has 0 amide bonds. The lowest BCUT2D eigenvalue weighted by Crippen LogP contribution is -2.46. The number of rotatable bonds is 0. The van der Waals surface area contributed by atoms with E-state index in [1.807, 2.05) is 0 Å². The molecular formula is C18H38N4. The first-order valence-corrected chi connectivity index (χ1v) is 9.33. The molecule has 0 spiro atoms. The molecule has 2 bridgehead atoms. The Labute approximate surface area is 138 Å². The highest BCUT2D eigenvalue weighted by Gasteiger charge is 2.23. The van der Waals surface area contributed by atoms with Crippen LogP contribution in [0.3, 0.4) is 0 Å². The fourth-order valence-corrected chi connectivity index (χ4v) is 3.71. The highest BCUT2D eigenvalue weighted by Crippen LogP contribution is 2.15. The average Bonchev–Trinajstić information content (AvgIpc) is 2.51. The van der Waals surface area contributed by atoms with Gasteiger partial charge in [-0.1, -0.05) is 0 Å². The largest absolute Gasteiger partial charge is 0.305 e. The zero-order chi connectivity index (χ0) is 16.0. The average molecular weight is 311 g/mol. The van der Waals surface area contributed by atoms with Crippen LogP contribution in [0.5, 0.6) is 0 Å². The molecule has 22 heavy (non-hydrogen) atoms. The van der Waals surface area contributed by atoms with Gasteiger partial charge in [-0.25, -0.2) is 0 Å². The van der Waals surface area contributed by atoms with E-state index in [2.05, 4.69) is 47.4 Å². The first-order chi connectivity index (χ1) is 10.4. The van der Waals surface area contributed by atoms with E-state index in [1.54, 1.807) is 0 Å². The Morgan fingerprint density at radius 1 is 0.545 bits per heavy atom. The van der Waals surface area contributed by atoms with E-state index in [-0.39, 0.29) is 0 Å². The van der Waals surface area contributed by atoms with Crippen LogP contribution in [0.4, 0.5) is 0 Å². The van der Waals surface area contributed by atoms with Crippen LogP contribution in [0.2, 0.25) is 0 Å². The number of hydrogen-bond donors (Lipinski definition) is 0. The predicted molar refractivity (Wildman–Crippen MR) is 95.6 cm³/mol. The fraction of sp³-hybridized carbons (Fsp3) is 1.00. The van der Waals surface area contributed by atoms with E-state index >= 15 is 0 Å². The predicted octanol–water partition coefficient (Wildman–Crippen LogP) is 1.82. The van der Waals surface area contributed by atoms with Gasteiger partial charge in [0.25, 0.3) is 0 Å². The smallest absolute Gasteiger partial charge is 0.0125 e. The highest BCUT2D eigenvalue weighted by molar-refractivity contribution is 4.79. The van der Waals surface area contributed by atoms with E-state index in [4.69, 9.17) is 0 Å². The Balaban J connectivity index is 2.05. The molecule has 0 radical (unpaired) electrons. The van der Waals surface area contributed by atoms with Gasteiger partial charge in [-0.05, 0) is 86.3 Å². The standard InChI is InChI=1S/C18H38N4/c1-18(2,3)22-13-7-12-20-10-6-11-21(16-17-22)9-5-8-19(4)14-15-20/h5-17H2,1-4H3. The van der Waals surface area contributed by atoms with Crippen LogP contribution in [0, 0.1) is 0 Å². The second kappa shape index (κ2) is 8.62. The van der Waals surface area contributed by atoms with Gasteiger partial charge in [0.2, 0.25) is 0 Å². The van der Waals surface area contributed by atoms with E-state index < -0.39 is 0 Å². The Hall–Kier alpha value is -0.160. The van der Waals surface area contributed by atoms with Crippen molar-refractivity contribution >= 4 is 0 Å². The van der Waals surface area contributed by atoms with E-state index in [0.29, 0.717) is 5.54 Å². The molecule has 2 aliphatic rings. The Morgan fingerprint density at radius 2 is 1.05 bits per heavy atom. The van der Waals surface area contributed by atoms with Gasteiger partial charge in [0.05, 0.1) is 0 Å². The minimum atomic E-state index is 0.293. The molecule has 4 heteroatoms. The number of likely N-dealkylation sites (N-methyl/N-ethyl adjacent to an activating group) is 1. The maximum absolute atomic E-state index is 2.71. The second-order valence-electron chi connectivity index (χ2n) is 8.21. The van der Waals surface area contributed by atoms with Crippen LogP contribution in [0.15, 0.2) is 0 Å². The molecule has 2 rings (SSSR count). The molecule has 0 aromatic heterocycles. The summed E-state index contributed by atoms with van der Waals surface area (Å²) in [6.45, 7) is 19.6. The summed E-state index contributed by atoms with van der Waals surface area (Å²) in [5.74, 6) is 0. The molecule has 2 saturated heterocycles. The molecule has 2 heterocycles. The van der Waals surface area contributed by atoms with Gasteiger partial charge in [-0.15, -0.1) is 0 Å². The fourth-order valence-electron chi connectivity index (χ4n) is 3.71. The van der Waals surface area contributed by atoms with Gasteiger partial charge in [0.15, 0.2) is 0 Å². The normalized spacial score (nSPS) is 31.6. The lowest BCUT2D eigenvalue weighted by atomic mass is 10.1. The van der Waals surface area contributed by atoms with Crippen LogP contribution in [0.25, 0.3) is 0 Å². The SMILES string of the molecule is CN1CCCN2CCCN(CCCN(C(C)(C)C)CC2)CC1. The van der Waals surface area contributed by atoms with Crippen LogP contribution >= 0.6 is 0 Å². The van der Waals surface area contributed by atoms with Gasteiger partial charge in [0, 0.05) is 31.7 Å². The van der Waals surface area contributed by atoms with Crippen molar-refractivity contribution in [1.82, 2.24) is 19.6 Å². The quantitative estimate of drug-likeness (QED) is 0.676. The Bertz CT molecular complexity index is 313. The first kappa shape index (κ1) is 18.2. The molecule has 2 fully saturated rings. The summed E-state index contributed by atoms with van der Waals surface area (Å²) in [6, 6.07) is 0. The molecule has 2 atom stereocenters. The maximum atomic E-state index is 2.71. The summed E-state index contributed by atoms with van der Waals surface area (Å²) >= 11 is 0. The van der Waals surface area contributed by atoms with Crippen molar-refractivity contribution in [2.24, 2.45) is 0 Å². The summed E-state index contributed by atoms with van der Waals surface area (Å²) in [5.41, 5.74) is 0.293. The van der Waals surface area contributed by atoms with Crippen molar-refractivity contribution in [1.29, 1.82) is 0 Å². The third kappa shape index (κ3) is 6.15. The first-order valence-electron chi connectivity index (χ1n) is 9.33. The zero-order valence-corrected chi connectivity index (χ0v) is 15.5. The minimum Gasteiger partial charge on any atom is -0.305 e. The molecule has 2 aliphatic heterocycles. The van der Waals surface area contributed by atoms with Crippen LogP contribution in [-0.2, 0) is 0 Å². The maximum Gasteiger partial charge on any atom is 0.0125 e. The summed E-state index contributed by atoms with van der Waals surface area (Å²) < 4.78 is 0. The molecule has 0 aromatic carbocycles. The third-order valence-electron chi connectivity index (χ3n) is 5.30. The van der Waals surface area contributed by atoms with Gasteiger partial charge >= 0.3 is 0 Å². The molecule has 0 saturated carbocycles. The number of fused-ring (bicyclic) bond motifs is 4. The van der Waals surface area contributed by atoms with E-state index in [1.165, 1.54) is 84.7 Å². The van der Waals surface area contributed by atoms with Gasteiger partial charge in [0.1, 0.15) is 0 Å². The van der Waals surface area contributed by atoms with Crippen molar-refractivity contribution in [3.8, 4) is 0 Å². The lowest BCUT2D eigenvalue weighted by molar-refractivity contribution is 0.110. The molecule has 4 nitrogen and oxygen atoms in total. The second-order valence-corrected chi connectivity index (χ2v) is 8.21. The van der Waals surface area contributed by atoms with E-state index in [0.717, 1.165) is 0 Å². The summed E-state index contributed by atoms with van der Waals surface area (Å²) in [4.78, 5) is 10.6.